The molecule has 0 radical (unpaired) electrons. The van der Waals surface area contributed by atoms with E-state index in [1.807, 2.05) is 37.8 Å². The highest BCUT2D eigenvalue weighted by Gasteiger charge is 2.17. The van der Waals surface area contributed by atoms with Crippen molar-refractivity contribution in [2.24, 2.45) is 0 Å². The van der Waals surface area contributed by atoms with E-state index in [-0.39, 0.29) is 11.9 Å². The molecular weight excluding hydrogens is 294 g/mol. The van der Waals surface area contributed by atoms with Gasteiger partial charge in [-0.1, -0.05) is 0 Å². The molecule has 0 fully saturated rings. The van der Waals surface area contributed by atoms with Crippen molar-refractivity contribution in [2.45, 2.75) is 33.4 Å². The summed E-state index contributed by atoms with van der Waals surface area (Å²) in [6, 6.07) is 3.70. The van der Waals surface area contributed by atoms with Gasteiger partial charge in [-0.2, -0.15) is 0 Å². The van der Waals surface area contributed by atoms with Gasteiger partial charge < -0.3 is 10.2 Å². The lowest BCUT2D eigenvalue weighted by atomic mass is 10.2. The first-order valence-electron chi connectivity index (χ1n) is 6.21. The summed E-state index contributed by atoms with van der Waals surface area (Å²) in [6.07, 6.45) is 1.76. The summed E-state index contributed by atoms with van der Waals surface area (Å²) in [4.78, 5) is 18.1. The van der Waals surface area contributed by atoms with Crippen LogP contribution >= 0.6 is 15.9 Å². The Kier molecular flexibility index (Phi) is 6.29. The predicted octanol–water partition coefficient (Wildman–Crippen LogP) is 2.19. The van der Waals surface area contributed by atoms with Crippen LogP contribution in [0.15, 0.2) is 22.8 Å². The van der Waals surface area contributed by atoms with Crippen LogP contribution in [-0.2, 0) is 11.3 Å². The van der Waals surface area contributed by atoms with Crippen LogP contribution in [0.5, 0.6) is 0 Å². The largest absolute Gasteiger partial charge is 0.342 e. The molecule has 0 aliphatic heterocycles. The van der Waals surface area contributed by atoms with Crippen molar-refractivity contribution in [3.63, 3.8) is 0 Å². The number of hydrogen-bond donors (Lipinski definition) is 1. The third-order valence-electron chi connectivity index (χ3n) is 2.82. The van der Waals surface area contributed by atoms with E-state index >= 15 is 0 Å². The van der Waals surface area contributed by atoms with Gasteiger partial charge in [0.05, 0.1) is 11.7 Å². The fourth-order valence-electron chi connectivity index (χ4n) is 1.67. The lowest BCUT2D eigenvalue weighted by Gasteiger charge is -2.23. The zero-order valence-corrected chi connectivity index (χ0v) is 12.7. The Labute approximate surface area is 117 Å². The SMILES string of the molecule is CCN(CC)C(=O)C(C)NCc1ccc(Br)cn1. The molecule has 5 heteroatoms. The lowest BCUT2D eigenvalue weighted by Crippen LogP contribution is -2.44. The molecule has 1 unspecified atom stereocenters. The molecule has 1 amide bonds. The molecule has 100 valence electrons. The molecule has 0 aliphatic rings. The average Bonchev–Trinajstić information content (AvgIpc) is 2.39. The van der Waals surface area contributed by atoms with Crippen LogP contribution in [0, 0.1) is 0 Å². The molecule has 1 aromatic heterocycles. The average molecular weight is 314 g/mol. The van der Waals surface area contributed by atoms with E-state index in [4.69, 9.17) is 0 Å². The number of amides is 1. The van der Waals surface area contributed by atoms with Gasteiger partial charge in [0.15, 0.2) is 0 Å². The summed E-state index contributed by atoms with van der Waals surface area (Å²) in [6.45, 7) is 7.96. The van der Waals surface area contributed by atoms with E-state index in [1.54, 1.807) is 6.20 Å². The number of halogens is 1. The molecule has 0 saturated heterocycles. The number of rotatable bonds is 6. The number of pyridine rings is 1. The van der Waals surface area contributed by atoms with Crippen molar-refractivity contribution in [1.29, 1.82) is 0 Å². The maximum absolute atomic E-state index is 12.0. The molecule has 0 aliphatic carbocycles. The van der Waals surface area contributed by atoms with Gasteiger partial charge in [-0.25, -0.2) is 0 Å². The third-order valence-corrected chi connectivity index (χ3v) is 3.29. The number of likely N-dealkylation sites (N-methyl/N-ethyl adjacent to an activating group) is 1. The number of nitrogens with zero attached hydrogens (tertiary/aromatic N) is 2. The Morgan fingerprint density at radius 1 is 1.44 bits per heavy atom. The standard InChI is InChI=1S/C13H20BrN3O/c1-4-17(5-2)13(18)10(3)15-9-12-7-6-11(14)8-16-12/h6-8,10,15H,4-5,9H2,1-3H3. The minimum Gasteiger partial charge on any atom is -0.342 e. The highest BCUT2D eigenvalue weighted by atomic mass is 79.9. The molecule has 0 bridgehead atoms. The van der Waals surface area contributed by atoms with Crippen LogP contribution < -0.4 is 5.32 Å². The number of nitrogens with one attached hydrogen (secondary N) is 1. The van der Waals surface area contributed by atoms with Gasteiger partial charge in [0.25, 0.3) is 0 Å². The first-order chi connectivity index (χ1) is 8.58. The van der Waals surface area contributed by atoms with Gasteiger partial charge in [0, 0.05) is 30.3 Å². The molecule has 4 nitrogen and oxygen atoms in total. The number of carbonyl (C=O) groups excluding carboxylic acids is 1. The smallest absolute Gasteiger partial charge is 0.239 e. The number of carbonyl (C=O) groups is 1. The molecule has 1 N–H and O–H groups in total. The van der Waals surface area contributed by atoms with Gasteiger partial charge in [-0.05, 0) is 48.8 Å². The first kappa shape index (κ1) is 15.1. The molecule has 1 atom stereocenters. The minimum atomic E-state index is -0.185. The summed E-state index contributed by atoms with van der Waals surface area (Å²) in [7, 11) is 0. The Bertz CT molecular complexity index is 376. The van der Waals surface area contributed by atoms with Crippen LogP contribution in [-0.4, -0.2) is 34.9 Å². The van der Waals surface area contributed by atoms with Crippen LogP contribution in [0.4, 0.5) is 0 Å². The zero-order valence-electron chi connectivity index (χ0n) is 11.1. The van der Waals surface area contributed by atoms with Gasteiger partial charge in [0.2, 0.25) is 5.91 Å². The maximum atomic E-state index is 12.0. The topological polar surface area (TPSA) is 45.2 Å². The molecule has 18 heavy (non-hydrogen) atoms. The molecule has 0 aromatic carbocycles. The summed E-state index contributed by atoms with van der Waals surface area (Å²) in [5, 5.41) is 3.20. The Hall–Kier alpha value is -0.940. The highest BCUT2D eigenvalue weighted by molar-refractivity contribution is 9.10. The van der Waals surface area contributed by atoms with Crippen LogP contribution in [0.2, 0.25) is 0 Å². The van der Waals surface area contributed by atoms with Crippen LogP contribution in [0.25, 0.3) is 0 Å². The van der Waals surface area contributed by atoms with Gasteiger partial charge >= 0.3 is 0 Å². The number of hydrogen-bond acceptors (Lipinski definition) is 3. The maximum Gasteiger partial charge on any atom is 0.239 e. The normalized spacial score (nSPS) is 12.2. The van der Waals surface area contributed by atoms with E-state index in [0.717, 1.165) is 23.3 Å². The predicted molar refractivity (Wildman–Crippen MR) is 76.2 cm³/mol. The molecule has 0 spiro atoms. The Balaban J connectivity index is 2.47. The van der Waals surface area contributed by atoms with E-state index < -0.39 is 0 Å². The molecule has 0 saturated carbocycles. The summed E-state index contributed by atoms with van der Waals surface area (Å²) >= 11 is 3.34. The third kappa shape index (κ3) is 4.38. The van der Waals surface area contributed by atoms with Crippen molar-refractivity contribution < 1.29 is 4.79 Å². The molecule has 1 heterocycles. The second-order valence-electron chi connectivity index (χ2n) is 4.08. The number of aromatic nitrogens is 1. The monoisotopic (exact) mass is 313 g/mol. The molecule has 1 rings (SSSR count). The van der Waals surface area contributed by atoms with Crippen molar-refractivity contribution in [3.05, 3.63) is 28.5 Å². The fourth-order valence-corrected chi connectivity index (χ4v) is 1.90. The lowest BCUT2D eigenvalue weighted by molar-refractivity contribution is -0.132. The van der Waals surface area contributed by atoms with E-state index in [9.17, 15) is 4.79 Å². The second-order valence-corrected chi connectivity index (χ2v) is 5.00. The van der Waals surface area contributed by atoms with Crippen molar-refractivity contribution in [3.8, 4) is 0 Å². The minimum absolute atomic E-state index is 0.136. The van der Waals surface area contributed by atoms with Gasteiger partial charge in [-0.15, -0.1) is 0 Å². The van der Waals surface area contributed by atoms with Crippen molar-refractivity contribution >= 4 is 21.8 Å². The van der Waals surface area contributed by atoms with E-state index in [2.05, 4.69) is 26.2 Å². The van der Waals surface area contributed by atoms with Gasteiger partial charge in [-0.3, -0.25) is 9.78 Å². The molecule has 1 aromatic rings. The van der Waals surface area contributed by atoms with E-state index in [0.29, 0.717) is 6.54 Å². The first-order valence-corrected chi connectivity index (χ1v) is 7.00. The van der Waals surface area contributed by atoms with E-state index in [1.165, 1.54) is 0 Å². The zero-order chi connectivity index (χ0) is 13.5. The summed E-state index contributed by atoms with van der Waals surface area (Å²) < 4.78 is 0.957. The second kappa shape index (κ2) is 7.48. The van der Waals surface area contributed by atoms with Gasteiger partial charge in [0.1, 0.15) is 0 Å². The molecular formula is C13H20BrN3O. The van der Waals surface area contributed by atoms with Crippen molar-refractivity contribution in [2.75, 3.05) is 13.1 Å². The summed E-state index contributed by atoms with van der Waals surface area (Å²) in [5.41, 5.74) is 0.928. The fraction of sp³-hybridized carbons (Fsp3) is 0.538. The van der Waals surface area contributed by atoms with Crippen LogP contribution in [0.1, 0.15) is 26.5 Å². The highest BCUT2D eigenvalue weighted by Crippen LogP contribution is 2.07. The van der Waals surface area contributed by atoms with Crippen molar-refractivity contribution in [1.82, 2.24) is 15.2 Å². The Morgan fingerprint density at radius 2 is 2.11 bits per heavy atom. The Morgan fingerprint density at radius 3 is 2.61 bits per heavy atom. The summed E-state index contributed by atoms with van der Waals surface area (Å²) in [5.74, 6) is 0.136. The van der Waals surface area contributed by atoms with Crippen LogP contribution in [0.3, 0.4) is 0 Å². The quantitative estimate of drug-likeness (QED) is 0.875.